The molecule has 14 heavy (non-hydrogen) atoms. The zero-order valence-electron chi connectivity index (χ0n) is 7.30. The lowest BCUT2D eigenvalue weighted by Gasteiger charge is -2.20. The van der Waals surface area contributed by atoms with Crippen LogP contribution >= 0.6 is 23.2 Å². The summed E-state index contributed by atoms with van der Waals surface area (Å²) in [6.45, 7) is 0.686. The fourth-order valence-electron chi connectivity index (χ4n) is 1.30. The molecule has 0 amide bonds. The highest BCUT2D eigenvalue weighted by Gasteiger charge is 2.15. The molecular formula is C9H9Cl2N3. The van der Waals surface area contributed by atoms with Gasteiger partial charge in [-0.2, -0.15) is 0 Å². The van der Waals surface area contributed by atoms with E-state index < -0.39 is 0 Å². The third-order valence-electron chi connectivity index (χ3n) is 1.98. The molecule has 0 unspecified atom stereocenters. The Morgan fingerprint density at radius 1 is 1.36 bits per heavy atom. The number of hydrogen-bond donors (Lipinski definition) is 2. The maximum atomic E-state index is 6.04. The van der Waals surface area contributed by atoms with Crippen molar-refractivity contribution in [2.45, 2.75) is 0 Å². The molecule has 0 atom stereocenters. The topological polar surface area (TPSA) is 41.3 Å². The molecule has 0 aromatic heterocycles. The minimum atomic E-state index is 0.532. The molecule has 2 rings (SSSR count). The molecule has 5 heteroatoms. The van der Waals surface area contributed by atoms with Crippen LogP contribution in [0.3, 0.4) is 0 Å². The van der Waals surface area contributed by atoms with E-state index in [0.29, 0.717) is 22.4 Å². The average molecular weight is 230 g/mol. The molecule has 1 aliphatic rings. The van der Waals surface area contributed by atoms with Gasteiger partial charge in [0, 0.05) is 0 Å². The van der Waals surface area contributed by atoms with Gasteiger partial charge < -0.3 is 5.73 Å². The number of anilines is 1. The van der Waals surface area contributed by atoms with E-state index in [2.05, 4.69) is 5.43 Å². The maximum absolute atomic E-state index is 6.04. The first-order chi connectivity index (χ1) is 6.68. The lowest BCUT2D eigenvalue weighted by atomic mass is 10.3. The lowest BCUT2D eigenvalue weighted by molar-refractivity contribution is 0.797. The summed E-state index contributed by atoms with van der Waals surface area (Å²) in [6.07, 6.45) is 1.87. The van der Waals surface area contributed by atoms with E-state index in [1.165, 1.54) is 0 Å². The standard InChI is InChI=1S/C9H9Cl2N3/c10-6-2-1-3-7(9(6)11)14-5-4-8(12)13-14/h1-4,13H,5,12H2. The second-order valence-electron chi connectivity index (χ2n) is 2.95. The summed E-state index contributed by atoms with van der Waals surface area (Å²) in [4.78, 5) is 0. The summed E-state index contributed by atoms with van der Waals surface area (Å²) >= 11 is 11.9. The maximum Gasteiger partial charge on any atom is 0.113 e. The van der Waals surface area contributed by atoms with Crippen LogP contribution in [0.2, 0.25) is 10.0 Å². The Hall–Kier alpha value is -1.06. The fourth-order valence-corrected chi connectivity index (χ4v) is 1.69. The monoisotopic (exact) mass is 229 g/mol. The van der Waals surface area contributed by atoms with Crippen LogP contribution in [0.4, 0.5) is 5.69 Å². The van der Waals surface area contributed by atoms with Crippen LogP contribution < -0.4 is 16.2 Å². The first-order valence-corrected chi connectivity index (χ1v) is 4.88. The molecule has 0 radical (unpaired) electrons. The van der Waals surface area contributed by atoms with Crippen molar-refractivity contribution in [2.24, 2.45) is 5.73 Å². The fraction of sp³-hybridized carbons (Fsp3) is 0.111. The van der Waals surface area contributed by atoms with Crippen molar-refractivity contribution in [3.63, 3.8) is 0 Å². The normalized spacial score (nSPS) is 15.3. The smallest absolute Gasteiger partial charge is 0.113 e. The zero-order chi connectivity index (χ0) is 10.1. The van der Waals surface area contributed by atoms with E-state index in [1.807, 2.05) is 23.2 Å². The van der Waals surface area contributed by atoms with E-state index in [9.17, 15) is 0 Å². The predicted molar refractivity (Wildman–Crippen MR) is 59.2 cm³/mol. The van der Waals surface area contributed by atoms with Crippen molar-refractivity contribution in [3.8, 4) is 0 Å². The highest BCUT2D eigenvalue weighted by atomic mass is 35.5. The van der Waals surface area contributed by atoms with Gasteiger partial charge in [-0.15, -0.1) is 0 Å². The summed E-state index contributed by atoms with van der Waals surface area (Å²) in [5.74, 6) is 0.626. The van der Waals surface area contributed by atoms with Crippen LogP contribution in [-0.2, 0) is 0 Å². The van der Waals surface area contributed by atoms with Crippen molar-refractivity contribution >= 4 is 28.9 Å². The van der Waals surface area contributed by atoms with E-state index in [0.717, 1.165) is 5.69 Å². The molecule has 1 aromatic rings. The number of nitrogens with zero attached hydrogens (tertiary/aromatic N) is 1. The van der Waals surface area contributed by atoms with Crippen molar-refractivity contribution in [2.75, 3.05) is 11.6 Å². The second kappa shape index (κ2) is 3.59. The van der Waals surface area contributed by atoms with Crippen LogP contribution in [0.25, 0.3) is 0 Å². The SMILES string of the molecule is NC1=CCN(c2cccc(Cl)c2Cl)N1. The van der Waals surface area contributed by atoms with E-state index >= 15 is 0 Å². The van der Waals surface area contributed by atoms with Crippen molar-refractivity contribution in [1.29, 1.82) is 0 Å². The molecule has 74 valence electrons. The third-order valence-corrected chi connectivity index (χ3v) is 2.79. The molecule has 0 saturated carbocycles. The first kappa shape index (κ1) is 9.49. The Morgan fingerprint density at radius 2 is 2.14 bits per heavy atom. The number of halogens is 2. The molecule has 0 spiro atoms. The molecule has 0 bridgehead atoms. The second-order valence-corrected chi connectivity index (χ2v) is 3.74. The van der Waals surface area contributed by atoms with E-state index in [-0.39, 0.29) is 0 Å². The predicted octanol–water partition coefficient (Wildman–Crippen LogP) is 2.12. The highest BCUT2D eigenvalue weighted by molar-refractivity contribution is 6.43. The third kappa shape index (κ3) is 1.61. The van der Waals surface area contributed by atoms with Crippen LogP contribution in [0, 0.1) is 0 Å². The van der Waals surface area contributed by atoms with Gasteiger partial charge in [-0.05, 0) is 18.2 Å². The molecule has 1 aromatic carbocycles. The van der Waals surface area contributed by atoms with Gasteiger partial charge in [-0.1, -0.05) is 29.3 Å². The number of rotatable bonds is 1. The average Bonchev–Trinajstić information content (AvgIpc) is 2.57. The Labute approximate surface area is 92.1 Å². The number of benzene rings is 1. The Kier molecular flexibility index (Phi) is 2.44. The molecule has 0 aliphatic carbocycles. The number of nitrogens with one attached hydrogen (secondary N) is 1. The van der Waals surface area contributed by atoms with Crippen molar-refractivity contribution in [1.82, 2.24) is 5.43 Å². The van der Waals surface area contributed by atoms with Gasteiger partial charge in [-0.25, -0.2) is 0 Å². The minimum absolute atomic E-state index is 0.532. The van der Waals surface area contributed by atoms with Gasteiger partial charge in [0.25, 0.3) is 0 Å². The van der Waals surface area contributed by atoms with Gasteiger partial charge in [0.05, 0.1) is 22.3 Å². The number of hydrazine groups is 1. The van der Waals surface area contributed by atoms with Crippen molar-refractivity contribution < 1.29 is 0 Å². The van der Waals surface area contributed by atoms with Crippen LogP contribution in [-0.4, -0.2) is 6.54 Å². The Balaban J connectivity index is 2.30. The number of nitrogens with two attached hydrogens (primary N) is 1. The summed E-state index contributed by atoms with van der Waals surface area (Å²) in [5, 5.41) is 2.91. The van der Waals surface area contributed by atoms with Crippen LogP contribution in [0.1, 0.15) is 0 Å². The number of hydrogen-bond acceptors (Lipinski definition) is 3. The molecule has 3 N–H and O–H groups in total. The van der Waals surface area contributed by atoms with Gasteiger partial charge in [0.2, 0.25) is 0 Å². The largest absolute Gasteiger partial charge is 0.384 e. The zero-order valence-corrected chi connectivity index (χ0v) is 8.81. The van der Waals surface area contributed by atoms with Crippen LogP contribution in [0.5, 0.6) is 0 Å². The van der Waals surface area contributed by atoms with Crippen molar-refractivity contribution in [3.05, 3.63) is 40.1 Å². The van der Waals surface area contributed by atoms with Gasteiger partial charge in [0.15, 0.2) is 0 Å². The molecule has 0 fully saturated rings. The molecule has 1 aliphatic heterocycles. The highest BCUT2D eigenvalue weighted by Crippen LogP contribution is 2.32. The van der Waals surface area contributed by atoms with Gasteiger partial charge in [0.1, 0.15) is 5.82 Å². The molecular weight excluding hydrogens is 221 g/mol. The summed E-state index contributed by atoms with van der Waals surface area (Å²) in [6, 6.07) is 5.48. The quantitative estimate of drug-likeness (QED) is 0.776. The Morgan fingerprint density at radius 3 is 2.79 bits per heavy atom. The van der Waals surface area contributed by atoms with E-state index in [1.54, 1.807) is 6.07 Å². The molecule has 1 heterocycles. The summed E-state index contributed by atoms with van der Waals surface area (Å²) in [5.41, 5.74) is 9.38. The first-order valence-electron chi connectivity index (χ1n) is 4.12. The summed E-state index contributed by atoms with van der Waals surface area (Å²) < 4.78 is 0. The minimum Gasteiger partial charge on any atom is -0.384 e. The lowest BCUT2D eigenvalue weighted by Crippen LogP contribution is -2.34. The van der Waals surface area contributed by atoms with Crippen LogP contribution in [0.15, 0.2) is 30.1 Å². The molecule has 0 saturated heterocycles. The van der Waals surface area contributed by atoms with Gasteiger partial charge >= 0.3 is 0 Å². The van der Waals surface area contributed by atoms with E-state index in [4.69, 9.17) is 28.9 Å². The summed E-state index contributed by atoms with van der Waals surface area (Å²) in [7, 11) is 0. The Bertz CT molecular complexity index is 390. The molecule has 3 nitrogen and oxygen atoms in total. The van der Waals surface area contributed by atoms with Gasteiger partial charge in [-0.3, -0.25) is 10.4 Å².